The molecule has 0 aromatic carbocycles. The molecule has 0 amide bonds. The predicted molar refractivity (Wildman–Crippen MR) is 49.8 cm³/mol. The fraction of sp³-hybridized carbons (Fsp3) is 0.900. The smallest absolute Gasteiger partial charge is 0.112 e. The van der Waals surface area contributed by atoms with Gasteiger partial charge >= 0.3 is 0 Å². The maximum absolute atomic E-state index is 5.57. The van der Waals surface area contributed by atoms with E-state index in [4.69, 9.17) is 18.9 Å². The molecule has 0 saturated carbocycles. The monoisotopic (exact) mass is 201 g/mol. The summed E-state index contributed by atoms with van der Waals surface area (Å²) in [5.41, 5.74) is 0. The average molecular weight is 201 g/mol. The van der Waals surface area contributed by atoms with Crippen molar-refractivity contribution in [1.82, 2.24) is 0 Å². The Labute approximate surface area is 84.5 Å². The summed E-state index contributed by atoms with van der Waals surface area (Å²) >= 11 is 0. The number of rotatable bonds is 8. The van der Waals surface area contributed by atoms with E-state index >= 15 is 0 Å². The minimum Gasteiger partial charge on any atom is -0.373 e. The fourth-order valence-corrected chi connectivity index (χ4v) is 1.08. The number of ether oxygens (including phenoxy) is 4. The Bertz CT molecular complexity index is 166. The Kier molecular flexibility index (Phi) is 3.75. The second kappa shape index (κ2) is 5.07. The van der Waals surface area contributed by atoms with Gasteiger partial charge in [0, 0.05) is 0 Å². The molecular formula is C10H17O4. The summed E-state index contributed by atoms with van der Waals surface area (Å²) in [4.78, 5) is 0. The normalized spacial score (nSPS) is 31.5. The maximum atomic E-state index is 5.57. The third-order valence-corrected chi connectivity index (χ3v) is 2.23. The Hall–Kier alpha value is -0.160. The second-order valence-corrected chi connectivity index (χ2v) is 3.66. The fourth-order valence-electron chi connectivity index (χ4n) is 1.08. The summed E-state index contributed by atoms with van der Waals surface area (Å²) in [5, 5.41) is 0. The summed E-state index contributed by atoms with van der Waals surface area (Å²) in [6.07, 6.45) is 1.65. The number of hydrogen-bond donors (Lipinski definition) is 0. The first-order valence-corrected chi connectivity index (χ1v) is 5.18. The van der Waals surface area contributed by atoms with Gasteiger partial charge in [0.2, 0.25) is 0 Å². The SMILES string of the molecule is CCC([CH]OCC1CO1)OCC1CO1. The topological polar surface area (TPSA) is 43.5 Å². The molecule has 0 aromatic heterocycles. The molecule has 3 atom stereocenters. The third kappa shape index (κ3) is 3.92. The average Bonchev–Trinajstić information content (AvgIpc) is 3.01. The Balaban J connectivity index is 1.49. The van der Waals surface area contributed by atoms with Crippen molar-refractivity contribution in [2.75, 3.05) is 26.4 Å². The van der Waals surface area contributed by atoms with Crippen LogP contribution in [0, 0.1) is 6.61 Å². The summed E-state index contributed by atoms with van der Waals surface area (Å²) in [6.45, 7) is 6.85. The number of hydrogen-bond acceptors (Lipinski definition) is 4. The van der Waals surface area contributed by atoms with E-state index in [1.807, 2.05) is 0 Å². The lowest BCUT2D eigenvalue weighted by Gasteiger charge is -2.14. The highest BCUT2D eigenvalue weighted by Gasteiger charge is 2.25. The van der Waals surface area contributed by atoms with Crippen LogP contribution in [0.4, 0.5) is 0 Å². The molecule has 4 heteroatoms. The van der Waals surface area contributed by atoms with Gasteiger partial charge in [-0.25, -0.2) is 0 Å². The van der Waals surface area contributed by atoms with Crippen LogP contribution in [0.2, 0.25) is 0 Å². The van der Waals surface area contributed by atoms with Crippen molar-refractivity contribution in [3.05, 3.63) is 6.61 Å². The predicted octanol–water partition coefficient (Wildman–Crippen LogP) is 0.758. The lowest BCUT2D eigenvalue weighted by Crippen LogP contribution is -2.18. The molecule has 0 N–H and O–H groups in total. The van der Waals surface area contributed by atoms with E-state index in [1.54, 1.807) is 6.61 Å². The van der Waals surface area contributed by atoms with Gasteiger partial charge in [-0.2, -0.15) is 0 Å². The molecule has 0 spiro atoms. The minimum atomic E-state index is 0.0814. The zero-order valence-corrected chi connectivity index (χ0v) is 8.48. The Morgan fingerprint density at radius 3 is 2.50 bits per heavy atom. The van der Waals surface area contributed by atoms with Crippen molar-refractivity contribution in [3.8, 4) is 0 Å². The van der Waals surface area contributed by atoms with Crippen LogP contribution in [-0.4, -0.2) is 44.7 Å². The zero-order chi connectivity index (χ0) is 9.80. The summed E-state index contributed by atoms with van der Waals surface area (Å²) in [6, 6.07) is 0. The van der Waals surface area contributed by atoms with Crippen LogP contribution in [0.3, 0.4) is 0 Å². The summed E-state index contributed by atoms with van der Waals surface area (Å²) in [7, 11) is 0. The van der Waals surface area contributed by atoms with E-state index in [-0.39, 0.29) is 6.10 Å². The minimum absolute atomic E-state index is 0.0814. The molecule has 1 radical (unpaired) electrons. The van der Waals surface area contributed by atoms with Gasteiger partial charge in [-0.1, -0.05) is 6.92 Å². The van der Waals surface area contributed by atoms with Crippen LogP contribution >= 0.6 is 0 Å². The molecule has 2 fully saturated rings. The third-order valence-electron chi connectivity index (χ3n) is 2.23. The quantitative estimate of drug-likeness (QED) is 0.544. The lowest BCUT2D eigenvalue weighted by atomic mass is 10.3. The molecule has 2 aliphatic rings. The largest absolute Gasteiger partial charge is 0.373 e. The molecule has 4 nitrogen and oxygen atoms in total. The molecule has 14 heavy (non-hydrogen) atoms. The van der Waals surface area contributed by atoms with Gasteiger partial charge < -0.3 is 18.9 Å². The highest BCUT2D eigenvalue weighted by atomic mass is 16.6. The van der Waals surface area contributed by atoms with Crippen molar-refractivity contribution in [2.24, 2.45) is 0 Å². The molecular weight excluding hydrogens is 184 g/mol. The van der Waals surface area contributed by atoms with Crippen molar-refractivity contribution >= 4 is 0 Å². The maximum Gasteiger partial charge on any atom is 0.112 e. The molecule has 2 saturated heterocycles. The van der Waals surface area contributed by atoms with E-state index < -0.39 is 0 Å². The standard InChI is InChI=1S/C10H17O4/c1-2-8(12-6-10-7-14-10)3-11-4-9-5-13-9/h3,8-10H,2,4-7H2,1H3. The Morgan fingerprint density at radius 1 is 1.29 bits per heavy atom. The van der Waals surface area contributed by atoms with Gasteiger partial charge in [0.05, 0.1) is 32.5 Å². The molecule has 3 unspecified atom stereocenters. The molecule has 81 valence electrons. The highest BCUT2D eigenvalue weighted by Crippen LogP contribution is 2.14. The van der Waals surface area contributed by atoms with E-state index in [9.17, 15) is 0 Å². The van der Waals surface area contributed by atoms with Crippen LogP contribution in [0.5, 0.6) is 0 Å². The van der Waals surface area contributed by atoms with E-state index in [2.05, 4.69) is 6.92 Å². The first kappa shape index (κ1) is 10.4. The van der Waals surface area contributed by atoms with Gasteiger partial charge in [-0.15, -0.1) is 0 Å². The first-order valence-electron chi connectivity index (χ1n) is 5.18. The van der Waals surface area contributed by atoms with Crippen molar-refractivity contribution < 1.29 is 18.9 Å². The van der Waals surface area contributed by atoms with Crippen molar-refractivity contribution in [1.29, 1.82) is 0 Å². The highest BCUT2D eigenvalue weighted by molar-refractivity contribution is 4.74. The van der Waals surface area contributed by atoms with E-state index in [0.29, 0.717) is 25.4 Å². The van der Waals surface area contributed by atoms with Gasteiger partial charge in [0.1, 0.15) is 18.8 Å². The van der Waals surface area contributed by atoms with Crippen molar-refractivity contribution in [2.45, 2.75) is 31.7 Å². The summed E-state index contributed by atoms with van der Waals surface area (Å²) in [5.74, 6) is 0. The molecule has 2 rings (SSSR count). The van der Waals surface area contributed by atoms with Gasteiger partial charge in [0.15, 0.2) is 0 Å². The van der Waals surface area contributed by atoms with Crippen LogP contribution < -0.4 is 0 Å². The van der Waals surface area contributed by atoms with Gasteiger partial charge in [-0.3, -0.25) is 0 Å². The molecule has 2 heterocycles. The van der Waals surface area contributed by atoms with Gasteiger partial charge in [0.25, 0.3) is 0 Å². The molecule has 0 aliphatic carbocycles. The second-order valence-electron chi connectivity index (χ2n) is 3.66. The van der Waals surface area contributed by atoms with Crippen LogP contribution in [0.25, 0.3) is 0 Å². The lowest BCUT2D eigenvalue weighted by molar-refractivity contribution is 0.0111. The summed E-state index contributed by atoms with van der Waals surface area (Å²) < 4.78 is 21.0. The Morgan fingerprint density at radius 2 is 1.93 bits per heavy atom. The molecule has 0 bridgehead atoms. The zero-order valence-electron chi connectivity index (χ0n) is 8.48. The molecule has 0 aromatic rings. The first-order chi connectivity index (χ1) is 6.88. The van der Waals surface area contributed by atoms with E-state index in [1.165, 1.54) is 0 Å². The van der Waals surface area contributed by atoms with Crippen molar-refractivity contribution in [3.63, 3.8) is 0 Å². The van der Waals surface area contributed by atoms with Crippen LogP contribution in [0.15, 0.2) is 0 Å². The van der Waals surface area contributed by atoms with Gasteiger partial charge in [-0.05, 0) is 6.42 Å². The molecule has 2 aliphatic heterocycles. The van der Waals surface area contributed by atoms with Crippen LogP contribution in [0.1, 0.15) is 13.3 Å². The van der Waals surface area contributed by atoms with E-state index in [0.717, 1.165) is 19.6 Å². The van der Waals surface area contributed by atoms with Crippen LogP contribution in [-0.2, 0) is 18.9 Å². The number of epoxide rings is 2.